The van der Waals surface area contributed by atoms with E-state index in [0.717, 1.165) is 5.56 Å². The zero-order chi connectivity index (χ0) is 24.2. The third kappa shape index (κ3) is 4.59. The van der Waals surface area contributed by atoms with Crippen LogP contribution in [0.3, 0.4) is 0 Å². The standard InChI is InChI=1S/C25H25N5O4/c1-16(18-9-4-3-5-10-18)27-24(32)19-15-20-23(28-21-11-6-7-12-29(21)25(20)33)30(22(19)26)13-8-14-34-17(2)31/h3-7,9-12,15-16,26H,8,13-14H2,1-2H3,(H,27,32). The fourth-order valence-electron chi connectivity index (χ4n) is 3.82. The monoisotopic (exact) mass is 459 g/mol. The van der Waals surface area contributed by atoms with Gasteiger partial charge in [0.05, 0.1) is 23.6 Å². The second-order valence-electron chi connectivity index (χ2n) is 7.94. The molecule has 4 rings (SSSR count). The van der Waals surface area contributed by atoms with Crippen molar-refractivity contribution in [3.8, 4) is 0 Å². The van der Waals surface area contributed by atoms with Crippen LogP contribution in [0.5, 0.6) is 0 Å². The highest BCUT2D eigenvalue weighted by molar-refractivity contribution is 5.97. The summed E-state index contributed by atoms with van der Waals surface area (Å²) in [7, 11) is 0. The van der Waals surface area contributed by atoms with Crippen LogP contribution < -0.4 is 16.4 Å². The maximum absolute atomic E-state index is 13.2. The summed E-state index contributed by atoms with van der Waals surface area (Å²) >= 11 is 0. The molecular weight excluding hydrogens is 434 g/mol. The molecule has 1 unspecified atom stereocenters. The van der Waals surface area contributed by atoms with Crippen LogP contribution in [0.25, 0.3) is 16.7 Å². The Morgan fingerprint density at radius 3 is 2.62 bits per heavy atom. The minimum atomic E-state index is -0.463. The highest BCUT2D eigenvalue weighted by Gasteiger charge is 2.19. The van der Waals surface area contributed by atoms with Gasteiger partial charge in [0.15, 0.2) is 0 Å². The Morgan fingerprint density at radius 2 is 1.88 bits per heavy atom. The molecule has 9 heteroatoms. The second kappa shape index (κ2) is 9.70. The number of pyridine rings is 2. The molecule has 0 aliphatic rings. The van der Waals surface area contributed by atoms with Crippen LogP contribution in [0.2, 0.25) is 0 Å². The average molecular weight is 460 g/mol. The SMILES string of the molecule is CC(=O)OCCCn1c(=N)c(C(=O)NC(C)c2ccccc2)cc2c(=O)n3ccccc3nc21. The molecule has 1 amide bonds. The maximum Gasteiger partial charge on any atom is 0.302 e. The van der Waals surface area contributed by atoms with Crippen molar-refractivity contribution in [1.29, 1.82) is 5.41 Å². The summed E-state index contributed by atoms with van der Waals surface area (Å²) in [6, 6.07) is 15.8. The molecule has 1 atom stereocenters. The first-order valence-corrected chi connectivity index (χ1v) is 11.0. The largest absolute Gasteiger partial charge is 0.466 e. The van der Waals surface area contributed by atoms with Gasteiger partial charge in [0.25, 0.3) is 11.5 Å². The smallest absolute Gasteiger partial charge is 0.302 e. The molecule has 0 fully saturated rings. The first kappa shape index (κ1) is 22.9. The first-order chi connectivity index (χ1) is 16.4. The number of carbonyl (C=O) groups excluding carboxylic acids is 2. The van der Waals surface area contributed by atoms with E-state index >= 15 is 0 Å². The van der Waals surface area contributed by atoms with E-state index in [-0.39, 0.29) is 41.2 Å². The molecule has 3 aromatic heterocycles. The van der Waals surface area contributed by atoms with Crippen molar-refractivity contribution in [1.82, 2.24) is 19.3 Å². The van der Waals surface area contributed by atoms with E-state index in [4.69, 9.17) is 10.1 Å². The lowest BCUT2D eigenvalue weighted by Crippen LogP contribution is -2.36. The lowest BCUT2D eigenvalue weighted by molar-refractivity contribution is -0.141. The molecule has 0 saturated carbocycles. The number of rotatable bonds is 7. The number of aryl methyl sites for hydroxylation is 1. The fourth-order valence-corrected chi connectivity index (χ4v) is 3.82. The number of nitrogens with zero attached hydrogens (tertiary/aromatic N) is 3. The van der Waals surface area contributed by atoms with Gasteiger partial charge in [-0.2, -0.15) is 0 Å². The minimum Gasteiger partial charge on any atom is -0.466 e. The van der Waals surface area contributed by atoms with Crippen LogP contribution in [-0.4, -0.2) is 32.4 Å². The number of aromatic nitrogens is 3. The van der Waals surface area contributed by atoms with Gasteiger partial charge in [0, 0.05) is 19.7 Å². The minimum absolute atomic E-state index is 0.0672. The number of carbonyl (C=O) groups is 2. The molecule has 34 heavy (non-hydrogen) atoms. The lowest BCUT2D eigenvalue weighted by Gasteiger charge is -2.17. The molecule has 0 spiro atoms. The van der Waals surface area contributed by atoms with Crippen molar-refractivity contribution in [3.63, 3.8) is 0 Å². The summed E-state index contributed by atoms with van der Waals surface area (Å²) < 4.78 is 7.94. The van der Waals surface area contributed by atoms with Crippen molar-refractivity contribution in [3.05, 3.63) is 87.8 Å². The van der Waals surface area contributed by atoms with Crippen molar-refractivity contribution in [2.24, 2.45) is 0 Å². The molecule has 9 nitrogen and oxygen atoms in total. The topological polar surface area (TPSA) is 119 Å². The number of amides is 1. The Labute approximate surface area is 195 Å². The molecule has 0 radical (unpaired) electrons. The maximum atomic E-state index is 13.2. The fraction of sp³-hybridized carbons (Fsp3) is 0.240. The van der Waals surface area contributed by atoms with E-state index in [1.807, 2.05) is 37.3 Å². The molecule has 3 heterocycles. The van der Waals surface area contributed by atoms with Crippen molar-refractivity contribution in [2.45, 2.75) is 32.9 Å². The van der Waals surface area contributed by atoms with Crippen molar-refractivity contribution < 1.29 is 14.3 Å². The van der Waals surface area contributed by atoms with Gasteiger partial charge in [-0.1, -0.05) is 36.4 Å². The van der Waals surface area contributed by atoms with E-state index in [0.29, 0.717) is 17.7 Å². The zero-order valence-corrected chi connectivity index (χ0v) is 18.9. The number of nitrogens with one attached hydrogen (secondary N) is 2. The van der Waals surface area contributed by atoms with Crippen LogP contribution in [0.15, 0.2) is 65.6 Å². The Bertz CT molecular complexity index is 1490. The van der Waals surface area contributed by atoms with Gasteiger partial charge in [-0.3, -0.25) is 24.2 Å². The van der Waals surface area contributed by atoms with E-state index in [2.05, 4.69) is 10.3 Å². The van der Waals surface area contributed by atoms with Gasteiger partial charge in [-0.05, 0) is 37.1 Å². The number of hydrogen-bond acceptors (Lipinski definition) is 6. The van der Waals surface area contributed by atoms with Crippen LogP contribution in [0.4, 0.5) is 0 Å². The van der Waals surface area contributed by atoms with Gasteiger partial charge in [-0.15, -0.1) is 0 Å². The Hall–Kier alpha value is -4.27. The second-order valence-corrected chi connectivity index (χ2v) is 7.94. The first-order valence-electron chi connectivity index (χ1n) is 11.0. The van der Waals surface area contributed by atoms with Crippen molar-refractivity contribution >= 4 is 28.6 Å². The van der Waals surface area contributed by atoms with Gasteiger partial charge in [0.1, 0.15) is 16.8 Å². The normalized spacial score (nSPS) is 11.9. The highest BCUT2D eigenvalue weighted by atomic mass is 16.5. The summed E-state index contributed by atoms with van der Waals surface area (Å²) in [5.74, 6) is -0.860. The van der Waals surface area contributed by atoms with Crippen LogP contribution in [-0.2, 0) is 16.1 Å². The van der Waals surface area contributed by atoms with Crippen LogP contribution >= 0.6 is 0 Å². The molecule has 0 aliphatic carbocycles. The summed E-state index contributed by atoms with van der Waals surface area (Å²) in [5, 5.41) is 11.9. The van der Waals surface area contributed by atoms with Gasteiger partial charge < -0.3 is 14.6 Å². The van der Waals surface area contributed by atoms with E-state index in [9.17, 15) is 14.4 Å². The average Bonchev–Trinajstić information content (AvgIpc) is 2.83. The molecule has 174 valence electrons. The number of hydrogen-bond donors (Lipinski definition) is 2. The van der Waals surface area contributed by atoms with Gasteiger partial charge in [-0.25, -0.2) is 4.98 Å². The Kier molecular flexibility index (Phi) is 6.53. The quantitative estimate of drug-likeness (QED) is 0.250. The zero-order valence-electron chi connectivity index (χ0n) is 18.9. The molecule has 0 saturated heterocycles. The van der Waals surface area contributed by atoms with Crippen LogP contribution in [0.1, 0.15) is 42.2 Å². The van der Waals surface area contributed by atoms with Crippen molar-refractivity contribution in [2.75, 3.05) is 6.61 Å². The highest BCUT2D eigenvalue weighted by Crippen LogP contribution is 2.14. The van der Waals surface area contributed by atoms with E-state index in [1.165, 1.54) is 22.0 Å². The Balaban J connectivity index is 1.80. The Morgan fingerprint density at radius 1 is 1.15 bits per heavy atom. The summed E-state index contributed by atoms with van der Waals surface area (Å²) in [5.41, 5.74) is 1.32. The van der Waals surface area contributed by atoms with Crippen LogP contribution in [0, 0.1) is 5.41 Å². The third-order valence-electron chi connectivity index (χ3n) is 5.54. The molecule has 0 bridgehead atoms. The molecular formula is C25H25N5O4. The lowest BCUT2D eigenvalue weighted by atomic mass is 10.1. The van der Waals surface area contributed by atoms with Gasteiger partial charge in [0.2, 0.25) is 0 Å². The molecule has 0 aliphatic heterocycles. The molecule has 2 N–H and O–H groups in total. The predicted molar refractivity (Wildman–Crippen MR) is 126 cm³/mol. The number of fused-ring (bicyclic) bond motifs is 2. The van der Waals surface area contributed by atoms with E-state index in [1.54, 1.807) is 24.4 Å². The summed E-state index contributed by atoms with van der Waals surface area (Å²) in [6.07, 6.45) is 2.01. The molecule has 1 aromatic carbocycles. The van der Waals surface area contributed by atoms with Gasteiger partial charge >= 0.3 is 5.97 Å². The summed E-state index contributed by atoms with van der Waals surface area (Å²) in [6.45, 7) is 3.58. The number of ether oxygens (including phenoxy) is 1. The number of benzene rings is 1. The summed E-state index contributed by atoms with van der Waals surface area (Å²) in [4.78, 5) is 42.1. The molecule has 4 aromatic rings. The number of esters is 1. The predicted octanol–water partition coefficient (Wildman–Crippen LogP) is 2.57. The third-order valence-corrected chi connectivity index (χ3v) is 5.54. The van der Waals surface area contributed by atoms with E-state index < -0.39 is 11.9 Å².